The van der Waals surface area contributed by atoms with Crippen LogP contribution in [0.15, 0.2) is 18.5 Å². The summed E-state index contributed by atoms with van der Waals surface area (Å²) in [6, 6.07) is 0.272. The largest absolute Gasteiger partial charge is 0.608 e. The van der Waals surface area contributed by atoms with Crippen LogP contribution in [0.5, 0.6) is 0 Å². The Morgan fingerprint density at radius 3 is 2.33 bits per heavy atom. The maximum atomic E-state index is 13.6. The first-order valence-electron chi connectivity index (χ1n) is 12.2. The number of fused-ring (bicyclic) bond motifs is 2. The minimum absolute atomic E-state index is 0.160. The van der Waals surface area contributed by atoms with E-state index in [1.54, 1.807) is 0 Å². The van der Waals surface area contributed by atoms with Gasteiger partial charge >= 0.3 is 22.8 Å². The van der Waals surface area contributed by atoms with E-state index in [1.807, 2.05) is 11.9 Å². The van der Waals surface area contributed by atoms with Crippen molar-refractivity contribution in [1.82, 2.24) is 14.7 Å². The van der Waals surface area contributed by atoms with E-state index >= 15 is 0 Å². The maximum absolute atomic E-state index is 13.6. The Bertz CT molecular complexity index is 1230. The quantitative estimate of drug-likeness (QED) is 0.559. The number of rotatable bonds is 6. The molecule has 1 atom stereocenters. The molecule has 2 aliphatic carbocycles. The normalized spacial score (nSPS) is 19.4. The Hall–Kier alpha value is -2.61. The molecular weight excluding hydrogens is 494 g/mol. The van der Waals surface area contributed by atoms with Gasteiger partial charge in [0.2, 0.25) is 0 Å². The lowest BCUT2D eigenvalue weighted by atomic mass is 9.99. The zero-order valence-electron chi connectivity index (χ0n) is 20.0. The van der Waals surface area contributed by atoms with Crippen LogP contribution >= 0.6 is 0 Å². The van der Waals surface area contributed by atoms with Crippen LogP contribution in [0.25, 0.3) is 0 Å². The number of quaternary nitrogens is 1. The molecule has 3 aliphatic rings. The second kappa shape index (κ2) is 9.69. The van der Waals surface area contributed by atoms with E-state index in [9.17, 15) is 27.2 Å². The highest BCUT2D eigenvalue weighted by Gasteiger charge is 2.41. The molecule has 0 saturated carbocycles. The van der Waals surface area contributed by atoms with Crippen LogP contribution in [0.2, 0.25) is 0 Å². The predicted octanol–water partition coefficient (Wildman–Crippen LogP) is 2.02. The Kier molecular flexibility index (Phi) is 6.74. The van der Waals surface area contributed by atoms with E-state index in [2.05, 4.69) is 16.5 Å². The number of hydroxylamine groups is 1. The van der Waals surface area contributed by atoms with Crippen molar-refractivity contribution in [1.29, 1.82) is 0 Å². The average Bonchev–Trinajstić information content (AvgIpc) is 3.60. The van der Waals surface area contributed by atoms with Crippen LogP contribution < -0.4 is 14.1 Å². The van der Waals surface area contributed by atoms with Crippen LogP contribution in [0.1, 0.15) is 54.5 Å². The number of alkyl halides is 2. The third-order valence-corrected chi connectivity index (χ3v) is 9.13. The number of piperidine rings is 1. The number of aromatic nitrogens is 2. The summed E-state index contributed by atoms with van der Waals surface area (Å²) in [6.45, 7) is -1.85. The monoisotopic (exact) mass is 524 g/mol. The molecule has 0 bridgehead atoms. The van der Waals surface area contributed by atoms with E-state index in [0.29, 0.717) is 36.3 Å². The number of benzene rings is 1. The number of nitrogens with one attached hydrogen (secondary N) is 2. The van der Waals surface area contributed by atoms with E-state index in [1.165, 1.54) is 0 Å². The van der Waals surface area contributed by atoms with Crippen molar-refractivity contribution in [3.8, 4) is 0 Å². The molecule has 1 saturated heterocycles. The van der Waals surface area contributed by atoms with Gasteiger partial charge in [-0.2, -0.15) is 26.8 Å². The third kappa shape index (κ3) is 4.49. The summed E-state index contributed by atoms with van der Waals surface area (Å²) in [6.07, 6.45) is 7.80. The molecule has 2 heterocycles. The van der Waals surface area contributed by atoms with Crippen LogP contribution in [-0.4, -0.2) is 55.3 Å². The molecular formula is C23H30F2N6O4S. The number of aryl methyl sites for hydroxylation is 2. The fourth-order valence-corrected chi connectivity index (χ4v) is 7.10. The fraction of sp³-hybridized carbons (Fsp3) is 0.565. The summed E-state index contributed by atoms with van der Waals surface area (Å²) in [5, 5.41) is 19.4. The molecule has 2 N–H and O–H groups in total. The van der Waals surface area contributed by atoms with Gasteiger partial charge in [-0.05, 0) is 93.8 Å². The van der Waals surface area contributed by atoms with Gasteiger partial charge in [-0.15, -0.1) is 0 Å². The lowest BCUT2D eigenvalue weighted by Crippen LogP contribution is -3.14. The molecule has 1 aliphatic heterocycles. The van der Waals surface area contributed by atoms with Crippen LogP contribution in [0.4, 0.5) is 25.0 Å². The minimum atomic E-state index is -4.87. The Morgan fingerprint density at radius 1 is 1.17 bits per heavy atom. The van der Waals surface area contributed by atoms with Gasteiger partial charge in [-0.25, -0.2) is 13.8 Å². The smallest absolute Gasteiger partial charge is 0.436 e. The molecule has 10 nitrogen and oxygen atoms in total. The zero-order chi connectivity index (χ0) is 25.6. The zero-order valence-corrected chi connectivity index (χ0v) is 20.9. The summed E-state index contributed by atoms with van der Waals surface area (Å²) < 4.78 is 53.0. The standard InChI is InChI=1S/C23H30F2N6O4S/c1-28-10-8-17(9-11-28)30(18-13-26-29(14-18)22(24)25)36(34,35)31(33)23(32)27-21-19-6-2-4-15(19)12-16-5-3-7-20(16)21/h12-14,17,22,31H,2-11H2,1H3,(H,27,32). The van der Waals surface area contributed by atoms with E-state index < -0.39 is 33.3 Å². The number of anilines is 2. The summed E-state index contributed by atoms with van der Waals surface area (Å²) in [4.78, 5) is 15.1. The topological polar surface area (TPSA) is 115 Å². The molecule has 1 fully saturated rings. The van der Waals surface area contributed by atoms with Gasteiger partial charge in [0.05, 0.1) is 29.8 Å². The van der Waals surface area contributed by atoms with Gasteiger partial charge in [0.1, 0.15) is 0 Å². The number of hydrogen-bond acceptors (Lipinski definition) is 6. The molecule has 0 radical (unpaired) electrons. The number of hydrogen-bond donors (Lipinski definition) is 2. The number of carbonyl (C=O) groups is 1. The summed E-state index contributed by atoms with van der Waals surface area (Å²) >= 11 is 0. The number of urea groups is 1. The fourth-order valence-electron chi connectivity index (χ4n) is 5.66. The van der Waals surface area contributed by atoms with Crippen molar-refractivity contribution in [3.63, 3.8) is 0 Å². The highest BCUT2D eigenvalue weighted by molar-refractivity contribution is 7.86. The molecule has 1 aromatic heterocycles. The van der Waals surface area contributed by atoms with Crippen molar-refractivity contribution < 1.29 is 26.5 Å². The lowest BCUT2D eigenvalue weighted by Gasteiger charge is -2.37. The lowest BCUT2D eigenvalue weighted by molar-refractivity contribution is -0.604. The first-order chi connectivity index (χ1) is 17.2. The summed E-state index contributed by atoms with van der Waals surface area (Å²) in [7, 11) is -2.98. The number of likely N-dealkylation sites (tertiary alicyclic amines) is 1. The average molecular weight is 525 g/mol. The number of carbonyl (C=O) groups excluding carboxylic acids is 1. The predicted molar refractivity (Wildman–Crippen MR) is 129 cm³/mol. The number of amides is 2. The van der Waals surface area contributed by atoms with Gasteiger partial charge in [0.25, 0.3) is 0 Å². The highest BCUT2D eigenvalue weighted by Crippen LogP contribution is 2.38. The highest BCUT2D eigenvalue weighted by atomic mass is 32.2. The molecule has 1 aromatic carbocycles. The van der Waals surface area contributed by atoms with Gasteiger partial charge in [-0.3, -0.25) is 5.32 Å². The van der Waals surface area contributed by atoms with E-state index in [4.69, 9.17) is 0 Å². The van der Waals surface area contributed by atoms with Crippen LogP contribution in [0.3, 0.4) is 0 Å². The Balaban J connectivity index is 1.45. The Labute approximate surface area is 208 Å². The Morgan fingerprint density at radius 2 is 1.78 bits per heavy atom. The summed E-state index contributed by atoms with van der Waals surface area (Å²) in [5.41, 5.74) is 4.62. The molecule has 1 unspecified atom stereocenters. The van der Waals surface area contributed by atoms with Gasteiger partial charge < -0.3 is 10.1 Å². The van der Waals surface area contributed by atoms with Crippen LogP contribution in [-0.2, 0) is 35.9 Å². The third-order valence-electron chi connectivity index (χ3n) is 7.45. The van der Waals surface area contributed by atoms with Crippen molar-refractivity contribution in [2.75, 3.05) is 29.8 Å². The molecule has 0 spiro atoms. The molecule has 5 rings (SSSR count). The van der Waals surface area contributed by atoms with Crippen LogP contribution in [0, 0.1) is 5.21 Å². The summed E-state index contributed by atoms with van der Waals surface area (Å²) in [5.74, 6) is 0. The van der Waals surface area contributed by atoms with Crippen molar-refractivity contribution in [2.24, 2.45) is 0 Å². The second-order valence-corrected chi connectivity index (χ2v) is 11.5. The number of halogens is 2. The van der Waals surface area contributed by atoms with E-state index in [-0.39, 0.29) is 5.69 Å². The van der Waals surface area contributed by atoms with Crippen molar-refractivity contribution in [3.05, 3.63) is 45.9 Å². The second-order valence-electron chi connectivity index (χ2n) is 9.77. The van der Waals surface area contributed by atoms with E-state index in [0.717, 1.165) is 77.5 Å². The molecule has 13 heteroatoms. The first kappa shape index (κ1) is 25.1. The maximum Gasteiger partial charge on any atom is 0.436 e. The molecule has 36 heavy (non-hydrogen) atoms. The molecule has 2 aromatic rings. The number of nitrogens with zero attached hydrogens (tertiary/aromatic N) is 4. The minimum Gasteiger partial charge on any atom is -0.608 e. The van der Waals surface area contributed by atoms with Gasteiger partial charge in [-0.1, -0.05) is 6.07 Å². The van der Waals surface area contributed by atoms with Gasteiger partial charge in [0, 0.05) is 0 Å². The first-order valence-corrected chi connectivity index (χ1v) is 13.7. The van der Waals surface area contributed by atoms with Crippen molar-refractivity contribution >= 4 is 27.6 Å². The molecule has 2 amide bonds. The SMILES string of the molecule is CN1CCC(N(c2cnn(C(F)F)c2)S(=O)(=O)[NH+]([O-])C(=O)Nc2c3c(cc4c2CCC4)CCC3)CC1. The van der Waals surface area contributed by atoms with Gasteiger partial charge in [0.15, 0.2) is 0 Å². The molecule has 196 valence electrons. The van der Waals surface area contributed by atoms with Crippen molar-refractivity contribution in [2.45, 2.75) is 64.0 Å².